The number of esters is 1. The number of hydrogen-bond acceptors (Lipinski definition) is 8. The van der Waals surface area contributed by atoms with Crippen LogP contribution in [-0.2, 0) is 32.7 Å². The van der Waals surface area contributed by atoms with Gasteiger partial charge in [0, 0.05) is 12.8 Å². The molecule has 0 aromatic heterocycles. The summed E-state index contributed by atoms with van der Waals surface area (Å²) in [5.41, 5.74) is 0. The molecule has 0 saturated carbocycles. The summed E-state index contributed by atoms with van der Waals surface area (Å²) < 4.78 is 26.3. The Hall–Kier alpha value is -1.52. The van der Waals surface area contributed by atoms with Crippen molar-refractivity contribution in [1.82, 2.24) is 5.32 Å². The number of aliphatic hydroxyl groups excluding tert-OH is 1. The van der Waals surface area contributed by atoms with Crippen molar-refractivity contribution in [3.63, 3.8) is 0 Å². The Balaban J connectivity index is 4.08. The lowest BCUT2D eigenvalue weighted by Gasteiger charge is -2.18. The van der Waals surface area contributed by atoms with Crippen LogP contribution in [-0.4, -0.2) is 64.9 Å². The topological polar surface area (TPSA) is 169 Å². The minimum Gasteiger partial charge on any atom is -0.480 e. The fourth-order valence-electron chi connectivity index (χ4n) is 3.61. The molecule has 0 spiro atoms. The van der Waals surface area contributed by atoms with Crippen molar-refractivity contribution >= 4 is 25.7 Å². The highest BCUT2D eigenvalue weighted by Gasteiger charge is 2.28. The van der Waals surface area contributed by atoms with Gasteiger partial charge in [-0.15, -0.1) is 0 Å². The quantitative estimate of drug-likeness (QED) is 0.0642. The predicted octanol–water partition coefficient (Wildman–Crippen LogP) is 4.87. The summed E-state index contributed by atoms with van der Waals surface area (Å²) in [5.74, 6) is -2.39. The van der Waals surface area contributed by atoms with Gasteiger partial charge < -0.3 is 25.2 Å². The second kappa shape index (κ2) is 23.4. The van der Waals surface area contributed by atoms with Gasteiger partial charge in [0.05, 0.1) is 13.2 Å². The zero-order chi connectivity index (χ0) is 28.7. The van der Waals surface area contributed by atoms with Crippen LogP contribution < -0.4 is 5.32 Å². The summed E-state index contributed by atoms with van der Waals surface area (Å²) in [7, 11) is -4.72. The molecule has 0 bridgehead atoms. The van der Waals surface area contributed by atoms with E-state index in [1.807, 2.05) is 0 Å². The molecule has 4 N–H and O–H groups in total. The zero-order valence-corrected chi connectivity index (χ0v) is 24.1. The van der Waals surface area contributed by atoms with Gasteiger partial charge in [0.1, 0.15) is 12.7 Å². The second-order valence-corrected chi connectivity index (χ2v) is 11.1. The van der Waals surface area contributed by atoms with E-state index < -0.39 is 57.6 Å². The van der Waals surface area contributed by atoms with E-state index in [-0.39, 0.29) is 12.8 Å². The SMILES string of the molecule is CCCCCCCCCCCC(=O)OCC(O)COP(=O)(O)OCC(NC(=O)CCCCCCC)C(=O)O. The number of ether oxygens (including phenoxy) is 1. The molecule has 12 heteroatoms. The fourth-order valence-corrected chi connectivity index (χ4v) is 4.38. The van der Waals surface area contributed by atoms with Gasteiger partial charge in [-0.3, -0.25) is 18.6 Å². The predicted molar refractivity (Wildman–Crippen MR) is 143 cm³/mol. The highest BCUT2D eigenvalue weighted by atomic mass is 31.2. The van der Waals surface area contributed by atoms with Gasteiger partial charge in [0.25, 0.3) is 0 Å². The molecule has 11 nitrogen and oxygen atoms in total. The van der Waals surface area contributed by atoms with Gasteiger partial charge >= 0.3 is 19.8 Å². The molecule has 0 aromatic carbocycles. The Kier molecular flexibility index (Phi) is 22.4. The number of carbonyl (C=O) groups is 3. The molecule has 1 amide bonds. The molecule has 0 aliphatic rings. The Morgan fingerprint density at radius 3 is 1.74 bits per heavy atom. The normalized spacial score (nSPS) is 14.4. The molecular weight excluding hydrogens is 517 g/mol. The Morgan fingerprint density at radius 1 is 0.737 bits per heavy atom. The lowest BCUT2D eigenvalue weighted by molar-refractivity contribution is -0.147. The average molecular weight is 568 g/mol. The second-order valence-electron chi connectivity index (χ2n) is 9.60. The first-order valence-electron chi connectivity index (χ1n) is 14.1. The van der Waals surface area contributed by atoms with Gasteiger partial charge in [-0.05, 0) is 12.8 Å². The third kappa shape index (κ3) is 22.5. The summed E-state index contributed by atoms with van der Waals surface area (Å²) in [5, 5.41) is 21.4. The maximum Gasteiger partial charge on any atom is 0.472 e. The lowest BCUT2D eigenvalue weighted by atomic mass is 10.1. The van der Waals surface area contributed by atoms with Crippen LogP contribution >= 0.6 is 7.82 Å². The number of carboxylic acid groups (broad SMARTS) is 1. The number of nitrogens with one attached hydrogen (secondary N) is 1. The van der Waals surface area contributed by atoms with Gasteiger partial charge in [-0.25, -0.2) is 9.36 Å². The van der Waals surface area contributed by atoms with Crippen molar-refractivity contribution in [2.45, 2.75) is 129 Å². The van der Waals surface area contributed by atoms with E-state index >= 15 is 0 Å². The number of phosphoric acid groups is 1. The van der Waals surface area contributed by atoms with E-state index in [0.29, 0.717) is 12.8 Å². The summed E-state index contributed by atoms with van der Waals surface area (Å²) in [4.78, 5) is 44.9. The van der Waals surface area contributed by atoms with Crippen molar-refractivity contribution in [3.05, 3.63) is 0 Å². The van der Waals surface area contributed by atoms with Crippen LogP contribution in [0.3, 0.4) is 0 Å². The molecule has 0 radical (unpaired) electrons. The van der Waals surface area contributed by atoms with E-state index in [0.717, 1.165) is 44.9 Å². The smallest absolute Gasteiger partial charge is 0.472 e. The molecule has 3 unspecified atom stereocenters. The van der Waals surface area contributed by atoms with Crippen molar-refractivity contribution in [2.24, 2.45) is 0 Å². The molecule has 0 aliphatic carbocycles. The van der Waals surface area contributed by atoms with E-state index in [4.69, 9.17) is 4.74 Å². The number of aliphatic hydroxyl groups is 1. The lowest BCUT2D eigenvalue weighted by Crippen LogP contribution is -2.43. The monoisotopic (exact) mass is 567 g/mol. The first-order valence-corrected chi connectivity index (χ1v) is 15.6. The number of carbonyl (C=O) groups excluding carboxylic acids is 2. The van der Waals surface area contributed by atoms with Crippen molar-refractivity contribution < 1.29 is 47.8 Å². The van der Waals surface area contributed by atoms with Crippen LogP contribution in [0.25, 0.3) is 0 Å². The third-order valence-electron chi connectivity index (χ3n) is 5.90. The third-order valence-corrected chi connectivity index (χ3v) is 6.85. The van der Waals surface area contributed by atoms with Crippen LogP contribution in [0.15, 0.2) is 0 Å². The summed E-state index contributed by atoms with van der Waals surface area (Å²) in [6.07, 6.45) is 13.7. The number of aliphatic carboxylic acids is 1. The highest BCUT2D eigenvalue weighted by molar-refractivity contribution is 7.47. The van der Waals surface area contributed by atoms with Crippen molar-refractivity contribution in [1.29, 1.82) is 0 Å². The maximum absolute atomic E-state index is 12.0. The van der Waals surface area contributed by atoms with Crippen LogP contribution in [0.2, 0.25) is 0 Å². The van der Waals surface area contributed by atoms with Crippen molar-refractivity contribution in [3.8, 4) is 0 Å². The zero-order valence-electron chi connectivity index (χ0n) is 23.2. The van der Waals surface area contributed by atoms with Gasteiger partial charge in [0.2, 0.25) is 5.91 Å². The largest absolute Gasteiger partial charge is 0.480 e. The Morgan fingerprint density at radius 2 is 1.21 bits per heavy atom. The van der Waals surface area contributed by atoms with Crippen LogP contribution in [0, 0.1) is 0 Å². The molecule has 0 heterocycles. The molecule has 0 aliphatic heterocycles. The fraction of sp³-hybridized carbons (Fsp3) is 0.885. The highest BCUT2D eigenvalue weighted by Crippen LogP contribution is 2.43. The first-order chi connectivity index (χ1) is 18.1. The van der Waals surface area contributed by atoms with E-state index in [1.165, 1.54) is 32.1 Å². The van der Waals surface area contributed by atoms with Crippen LogP contribution in [0.1, 0.15) is 117 Å². The molecular formula is C26H50NO10P. The van der Waals surface area contributed by atoms with Crippen LogP contribution in [0.5, 0.6) is 0 Å². The number of amides is 1. The van der Waals surface area contributed by atoms with E-state index in [2.05, 4.69) is 28.2 Å². The number of carboxylic acids is 1. The standard InChI is InChI=1S/C26H50NO10P/c1-3-5-7-9-10-11-12-14-16-18-25(30)35-19-22(28)20-36-38(33,34)37-21-23(26(31)32)27-24(29)17-15-13-8-6-4-2/h22-23,28H,3-21H2,1-2H3,(H,27,29)(H,31,32)(H,33,34). The summed E-state index contributed by atoms with van der Waals surface area (Å²) in [6.45, 7) is 2.38. The van der Waals surface area contributed by atoms with Gasteiger partial charge in [-0.1, -0.05) is 90.9 Å². The van der Waals surface area contributed by atoms with Crippen molar-refractivity contribution in [2.75, 3.05) is 19.8 Å². The number of unbranched alkanes of at least 4 members (excludes halogenated alkanes) is 12. The number of rotatable bonds is 26. The maximum atomic E-state index is 12.0. The Labute approximate surface area is 227 Å². The molecule has 0 saturated heterocycles. The van der Waals surface area contributed by atoms with Gasteiger partial charge in [0.15, 0.2) is 6.04 Å². The van der Waals surface area contributed by atoms with E-state index in [1.54, 1.807) is 0 Å². The Bertz CT molecular complexity index is 691. The van der Waals surface area contributed by atoms with Crippen LogP contribution in [0.4, 0.5) is 0 Å². The molecule has 0 fully saturated rings. The van der Waals surface area contributed by atoms with Gasteiger partial charge in [-0.2, -0.15) is 0 Å². The molecule has 0 aromatic rings. The minimum absolute atomic E-state index is 0.144. The molecule has 0 rings (SSSR count). The molecule has 224 valence electrons. The number of phosphoric ester groups is 1. The summed E-state index contributed by atoms with van der Waals surface area (Å²) in [6, 6.07) is -1.53. The molecule has 3 atom stereocenters. The molecule has 38 heavy (non-hydrogen) atoms. The number of hydrogen-bond donors (Lipinski definition) is 4. The minimum atomic E-state index is -4.72. The first kappa shape index (κ1) is 36.5. The average Bonchev–Trinajstić information content (AvgIpc) is 2.87. The van der Waals surface area contributed by atoms with E-state index in [9.17, 15) is 34.1 Å². The summed E-state index contributed by atoms with van der Waals surface area (Å²) >= 11 is 0.